The number of hydrogen-bond acceptors (Lipinski definition) is 5. The van der Waals surface area contributed by atoms with Crippen LogP contribution >= 0.6 is 0 Å². The molecule has 0 aliphatic carbocycles. The third-order valence-electron chi connectivity index (χ3n) is 7.98. The molecule has 3 aliphatic heterocycles. The van der Waals surface area contributed by atoms with Gasteiger partial charge in [-0.05, 0) is 54.7 Å². The van der Waals surface area contributed by atoms with Crippen molar-refractivity contribution < 1.29 is 19.1 Å². The highest BCUT2D eigenvalue weighted by atomic mass is 16.7. The van der Waals surface area contributed by atoms with Crippen LogP contribution in [0.2, 0.25) is 0 Å². The minimum Gasteiger partial charge on any atom is -0.454 e. The van der Waals surface area contributed by atoms with Gasteiger partial charge >= 0.3 is 0 Å². The molecule has 0 bridgehead atoms. The maximum absolute atomic E-state index is 13.4. The molecular weight excluding hydrogens is 454 g/mol. The average Bonchev–Trinajstić information content (AvgIpc) is 3.53. The lowest BCUT2D eigenvalue weighted by atomic mass is 9.93. The number of unbranched alkanes of at least 4 members (excludes halogenated alkanes) is 2. The highest BCUT2D eigenvalue weighted by Crippen LogP contribution is 2.39. The van der Waals surface area contributed by atoms with Gasteiger partial charge in [0.2, 0.25) is 18.6 Å². The van der Waals surface area contributed by atoms with Crippen molar-refractivity contribution in [3.63, 3.8) is 0 Å². The zero-order valence-corrected chi connectivity index (χ0v) is 22.8. The Morgan fingerprint density at radius 2 is 1.83 bits per heavy atom. The van der Waals surface area contributed by atoms with E-state index in [1.54, 1.807) is 0 Å². The predicted molar refractivity (Wildman–Crippen MR) is 141 cm³/mol. The third-order valence-corrected chi connectivity index (χ3v) is 7.98. The number of carbonyl (C=O) groups excluding carboxylic acids is 2. The van der Waals surface area contributed by atoms with Crippen LogP contribution in [0.15, 0.2) is 18.2 Å². The number of fused-ring (bicyclic) bond motifs is 1. The fraction of sp³-hybridized carbons (Fsp3) is 0.724. The van der Waals surface area contributed by atoms with E-state index in [0.29, 0.717) is 18.9 Å². The molecular formula is C29H45N3O4. The van der Waals surface area contributed by atoms with Crippen molar-refractivity contribution in [2.75, 3.05) is 46.1 Å². The Hall–Kier alpha value is -2.28. The Balaban J connectivity index is 1.45. The molecule has 3 aliphatic rings. The van der Waals surface area contributed by atoms with Gasteiger partial charge in [-0.25, -0.2) is 0 Å². The quantitative estimate of drug-likeness (QED) is 0.419. The van der Waals surface area contributed by atoms with Gasteiger partial charge in [-0.15, -0.1) is 0 Å². The standard InChI is InChI=1S/C29H45N3O4/c1-5-7-12-30(13-8-6-2)28(34)19-32-18-23(22-9-10-25-26(16-22)36-21-35-25)15-24(32)11-14-31-20-29(3,4)17-27(31)33/h9-10,16,23-24H,5-8,11-15,17-21H2,1-4H3. The monoisotopic (exact) mass is 499 g/mol. The summed E-state index contributed by atoms with van der Waals surface area (Å²) in [5, 5.41) is 0. The van der Waals surface area contributed by atoms with E-state index in [9.17, 15) is 9.59 Å². The molecule has 200 valence electrons. The Morgan fingerprint density at radius 1 is 1.11 bits per heavy atom. The SMILES string of the molecule is CCCCN(CCCC)C(=O)CN1CC(c2ccc3c(c2)OCO3)CC1CCN1CC(C)(C)CC1=O. The van der Waals surface area contributed by atoms with E-state index < -0.39 is 0 Å². The maximum Gasteiger partial charge on any atom is 0.236 e. The van der Waals surface area contributed by atoms with Crippen LogP contribution in [0.1, 0.15) is 84.1 Å². The van der Waals surface area contributed by atoms with Crippen LogP contribution in [0.4, 0.5) is 0 Å². The van der Waals surface area contributed by atoms with E-state index in [1.807, 2.05) is 11.0 Å². The van der Waals surface area contributed by atoms with Crippen molar-refractivity contribution in [3.05, 3.63) is 23.8 Å². The first-order valence-electron chi connectivity index (χ1n) is 14.0. The number of hydrogen-bond donors (Lipinski definition) is 0. The molecule has 0 radical (unpaired) electrons. The molecule has 7 nitrogen and oxygen atoms in total. The van der Waals surface area contributed by atoms with Crippen molar-refractivity contribution in [3.8, 4) is 11.5 Å². The van der Waals surface area contributed by atoms with Gasteiger partial charge in [0.05, 0.1) is 6.54 Å². The molecule has 36 heavy (non-hydrogen) atoms. The van der Waals surface area contributed by atoms with Gasteiger partial charge in [-0.1, -0.05) is 46.6 Å². The van der Waals surface area contributed by atoms with Gasteiger partial charge in [0.1, 0.15) is 0 Å². The van der Waals surface area contributed by atoms with Crippen molar-refractivity contribution in [2.45, 2.75) is 84.6 Å². The summed E-state index contributed by atoms with van der Waals surface area (Å²) in [6.07, 6.45) is 6.80. The maximum atomic E-state index is 13.4. The minimum atomic E-state index is 0.0521. The third kappa shape index (κ3) is 6.53. The highest BCUT2D eigenvalue weighted by molar-refractivity contribution is 5.79. The summed E-state index contributed by atoms with van der Waals surface area (Å²) < 4.78 is 11.1. The summed E-state index contributed by atoms with van der Waals surface area (Å²) in [4.78, 5) is 32.5. The van der Waals surface area contributed by atoms with E-state index in [-0.39, 0.29) is 30.1 Å². The first kappa shape index (κ1) is 26.8. The molecule has 4 rings (SSSR count). The van der Waals surface area contributed by atoms with E-state index >= 15 is 0 Å². The Kier molecular flexibility index (Phi) is 8.81. The molecule has 2 amide bonds. The zero-order valence-electron chi connectivity index (χ0n) is 22.8. The van der Waals surface area contributed by atoms with Crippen LogP contribution in [0.5, 0.6) is 11.5 Å². The molecule has 1 aromatic rings. The fourth-order valence-electron chi connectivity index (χ4n) is 5.91. The zero-order chi connectivity index (χ0) is 25.7. The number of carbonyl (C=O) groups is 2. The van der Waals surface area contributed by atoms with Gasteiger partial charge in [0, 0.05) is 45.2 Å². The van der Waals surface area contributed by atoms with Gasteiger partial charge < -0.3 is 19.3 Å². The molecule has 0 N–H and O–H groups in total. The first-order chi connectivity index (χ1) is 17.3. The molecule has 7 heteroatoms. The summed E-state index contributed by atoms with van der Waals surface area (Å²) in [6, 6.07) is 6.53. The molecule has 2 saturated heterocycles. The molecule has 0 aromatic heterocycles. The van der Waals surface area contributed by atoms with Crippen LogP contribution in [0.25, 0.3) is 0 Å². The second-order valence-electron chi connectivity index (χ2n) is 11.7. The number of nitrogens with zero attached hydrogens (tertiary/aromatic N) is 3. The largest absolute Gasteiger partial charge is 0.454 e. The van der Waals surface area contributed by atoms with E-state index in [0.717, 1.165) is 82.7 Å². The Labute approximate surface area is 217 Å². The number of rotatable bonds is 12. The van der Waals surface area contributed by atoms with Crippen LogP contribution in [0.3, 0.4) is 0 Å². The minimum absolute atomic E-state index is 0.0521. The smallest absolute Gasteiger partial charge is 0.236 e. The summed E-state index contributed by atoms with van der Waals surface area (Å²) in [5.74, 6) is 2.46. The number of ether oxygens (including phenoxy) is 2. The molecule has 2 atom stereocenters. The van der Waals surface area contributed by atoms with Crippen molar-refractivity contribution in [1.82, 2.24) is 14.7 Å². The van der Waals surface area contributed by atoms with E-state index in [1.165, 1.54) is 5.56 Å². The summed E-state index contributed by atoms with van der Waals surface area (Å²) >= 11 is 0. The van der Waals surface area contributed by atoms with Gasteiger partial charge in [-0.2, -0.15) is 0 Å². The van der Waals surface area contributed by atoms with Crippen molar-refractivity contribution in [1.29, 1.82) is 0 Å². The molecule has 0 saturated carbocycles. The molecule has 2 unspecified atom stereocenters. The van der Waals surface area contributed by atoms with Crippen LogP contribution in [-0.4, -0.2) is 78.6 Å². The molecule has 1 aromatic carbocycles. The number of likely N-dealkylation sites (tertiary alicyclic amines) is 2. The number of amides is 2. The summed E-state index contributed by atoms with van der Waals surface area (Å²) in [6.45, 7) is 13.6. The number of benzene rings is 1. The lowest BCUT2D eigenvalue weighted by Gasteiger charge is -2.29. The lowest BCUT2D eigenvalue weighted by Crippen LogP contribution is -2.44. The van der Waals surface area contributed by atoms with Gasteiger partial charge in [-0.3, -0.25) is 14.5 Å². The highest BCUT2D eigenvalue weighted by Gasteiger charge is 2.38. The fourth-order valence-corrected chi connectivity index (χ4v) is 5.91. The van der Waals surface area contributed by atoms with E-state index in [2.05, 4.69) is 49.6 Å². The van der Waals surface area contributed by atoms with Crippen LogP contribution in [0, 0.1) is 5.41 Å². The van der Waals surface area contributed by atoms with Crippen LogP contribution < -0.4 is 9.47 Å². The predicted octanol–water partition coefficient (Wildman–Crippen LogP) is 4.65. The molecule has 2 fully saturated rings. The molecule has 0 spiro atoms. The van der Waals surface area contributed by atoms with Gasteiger partial charge in [0.25, 0.3) is 0 Å². The average molecular weight is 500 g/mol. The van der Waals surface area contributed by atoms with Crippen LogP contribution in [-0.2, 0) is 9.59 Å². The Morgan fingerprint density at radius 3 is 2.50 bits per heavy atom. The van der Waals surface area contributed by atoms with E-state index in [4.69, 9.17) is 9.47 Å². The molecule has 3 heterocycles. The van der Waals surface area contributed by atoms with Crippen molar-refractivity contribution >= 4 is 11.8 Å². The second-order valence-corrected chi connectivity index (χ2v) is 11.7. The normalized spacial score (nSPS) is 23.0. The van der Waals surface area contributed by atoms with Gasteiger partial charge in [0.15, 0.2) is 11.5 Å². The first-order valence-corrected chi connectivity index (χ1v) is 14.0. The second kappa shape index (κ2) is 11.8. The Bertz CT molecular complexity index is 910. The van der Waals surface area contributed by atoms with Crippen molar-refractivity contribution in [2.24, 2.45) is 5.41 Å². The summed E-state index contributed by atoms with van der Waals surface area (Å²) in [5.41, 5.74) is 1.29. The topological polar surface area (TPSA) is 62.3 Å². The lowest BCUT2D eigenvalue weighted by molar-refractivity contribution is -0.133. The summed E-state index contributed by atoms with van der Waals surface area (Å²) in [7, 11) is 0.